The zero-order valence-electron chi connectivity index (χ0n) is 16.0. The highest BCUT2D eigenvalue weighted by Crippen LogP contribution is 2.29. The highest BCUT2D eigenvalue weighted by molar-refractivity contribution is 7.87. The third-order valence-corrected chi connectivity index (χ3v) is 5.13. The number of carbonyl (C=O) groups excluding carboxylic acids is 2. The molecular formula is C20H19NO7S. The van der Waals surface area contributed by atoms with Crippen molar-refractivity contribution in [2.24, 2.45) is 0 Å². The highest BCUT2D eigenvalue weighted by Gasteiger charge is 2.39. The molecule has 1 saturated heterocycles. The molecular weight excluding hydrogens is 398 g/mol. The van der Waals surface area contributed by atoms with E-state index in [1.807, 2.05) is 6.92 Å². The number of anilines is 1. The van der Waals surface area contributed by atoms with Crippen LogP contribution < -0.4 is 9.50 Å². The van der Waals surface area contributed by atoms with Crippen LogP contribution in [0.4, 0.5) is 5.69 Å². The molecule has 0 radical (unpaired) electrons. The van der Waals surface area contributed by atoms with Crippen LogP contribution in [0.3, 0.4) is 0 Å². The summed E-state index contributed by atoms with van der Waals surface area (Å²) in [5.74, 6) is -3.08. The molecule has 1 aliphatic heterocycles. The molecule has 3 rings (SSSR count). The van der Waals surface area contributed by atoms with Crippen molar-refractivity contribution in [1.82, 2.24) is 0 Å². The third-order valence-electron chi connectivity index (χ3n) is 3.89. The molecule has 0 unspecified atom stereocenters. The number of carbonyl (C=O) groups is 2. The maximum atomic E-state index is 12.5. The zero-order chi connectivity index (χ0) is 21.2. The summed E-state index contributed by atoms with van der Waals surface area (Å²) in [6, 6.07) is 12.4. The first-order valence-electron chi connectivity index (χ1n) is 8.61. The minimum atomic E-state index is -4.08. The van der Waals surface area contributed by atoms with E-state index in [2.05, 4.69) is 5.32 Å². The second-order valence-electron chi connectivity index (χ2n) is 6.73. The van der Waals surface area contributed by atoms with E-state index in [-0.39, 0.29) is 21.9 Å². The van der Waals surface area contributed by atoms with Crippen LogP contribution in [-0.2, 0) is 29.2 Å². The zero-order valence-corrected chi connectivity index (χ0v) is 16.8. The molecule has 8 nitrogen and oxygen atoms in total. The molecule has 0 bridgehead atoms. The first kappa shape index (κ1) is 20.4. The van der Waals surface area contributed by atoms with E-state index in [1.54, 1.807) is 24.3 Å². The summed E-state index contributed by atoms with van der Waals surface area (Å²) in [5.41, 5.74) is 0.772. The van der Waals surface area contributed by atoms with Gasteiger partial charge in [-0.15, -0.1) is 0 Å². The Labute approximate surface area is 168 Å². The number of hydrogen-bond acceptors (Lipinski definition) is 8. The van der Waals surface area contributed by atoms with Gasteiger partial charge in [0.05, 0.1) is 5.69 Å². The summed E-state index contributed by atoms with van der Waals surface area (Å²) in [5, 5.41) is 2.70. The smallest absolute Gasteiger partial charge is 0.350 e. The molecule has 2 aromatic rings. The van der Waals surface area contributed by atoms with E-state index in [1.165, 1.54) is 38.1 Å². The Morgan fingerprint density at radius 2 is 1.55 bits per heavy atom. The minimum Gasteiger partial charge on any atom is -0.419 e. The van der Waals surface area contributed by atoms with Crippen LogP contribution in [0.25, 0.3) is 0 Å². The lowest BCUT2D eigenvalue weighted by atomic mass is 10.2. The van der Waals surface area contributed by atoms with Crippen LogP contribution in [0.5, 0.6) is 5.75 Å². The molecule has 29 heavy (non-hydrogen) atoms. The molecule has 152 valence electrons. The predicted molar refractivity (Wildman–Crippen MR) is 103 cm³/mol. The van der Waals surface area contributed by atoms with Gasteiger partial charge in [0.15, 0.2) is 11.3 Å². The number of benzene rings is 2. The molecule has 2 aromatic carbocycles. The lowest BCUT2D eigenvalue weighted by Gasteiger charge is -2.29. The van der Waals surface area contributed by atoms with Crippen molar-refractivity contribution in [2.75, 3.05) is 5.32 Å². The maximum Gasteiger partial charge on any atom is 0.350 e. The summed E-state index contributed by atoms with van der Waals surface area (Å²) in [6.07, 6.45) is 1.08. The molecule has 0 aliphatic carbocycles. The van der Waals surface area contributed by atoms with Gasteiger partial charge < -0.3 is 19.0 Å². The van der Waals surface area contributed by atoms with Gasteiger partial charge in [-0.05, 0) is 31.2 Å². The first-order chi connectivity index (χ1) is 13.6. The fraction of sp³-hybridized carbons (Fsp3) is 0.200. The van der Waals surface area contributed by atoms with Gasteiger partial charge in [-0.3, -0.25) is 0 Å². The van der Waals surface area contributed by atoms with Crippen LogP contribution in [0.1, 0.15) is 19.4 Å². The SMILES string of the molecule is Cc1ccc(S(=O)(=O)Oc2ccccc2NC=C2C(=O)OC(C)(C)OC2=O)cc1. The van der Waals surface area contributed by atoms with E-state index < -0.39 is 27.8 Å². The Balaban J connectivity index is 1.84. The molecule has 9 heteroatoms. The number of para-hydroxylation sites is 2. The van der Waals surface area contributed by atoms with E-state index in [9.17, 15) is 18.0 Å². The summed E-state index contributed by atoms with van der Waals surface area (Å²) < 4.78 is 40.3. The summed E-state index contributed by atoms with van der Waals surface area (Å²) in [4.78, 5) is 24.0. The average Bonchev–Trinajstić information content (AvgIpc) is 2.61. The Bertz CT molecular complexity index is 1060. The molecule has 0 spiro atoms. The van der Waals surface area contributed by atoms with E-state index in [0.29, 0.717) is 0 Å². The lowest BCUT2D eigenvalue weighted by molar-refractivity contribution is -0.222. The molecule has 0 saturated carbocycles. The van der Waals surface area contributed by atoms with Crippen LogP contribution in [0, 0.1) is 6.92 Å². The van der Waals surface area contributed by atoms with E-state index in [4.69, 9.17) is 13.7 Å². The van der Waals surface area contributed by atoms with Crippen molar-refractivity contribution in [3.63, 3.8) is 0 Å². The quantitative estimate of drug-likeness (QED) is 0.342. The number of rotatable bonds is 5. The molecule has 1 N–H and O–H groups in total. The van der Waals surface area contributed by atoms with Gasteiger partial charge in [-0.1, -0.05) is 29.8 Å². The van der Waals surface area contributed by atoms with Gasteiger partial charge in [0, 0.05) is 20.0 Å². The minimum absolute atomic E-state index is 0.00192. The normalized spacial score (nSPS) is 15.9. The topological polar surface area (TPSA) is 108 Å². The van der Waals surface area contributed by atoms with Crippen molar-refractivity contribution in [3.8, 4) is 5.75 Å². The van der Waals surface area contributed by atoms with E-state index >= 15 is 0 Å². The Hall–Kier alpha value is -3.33. The molecule has 0 aromatic heterocycles. The van der Waals surface area contributed by atoms with Crippen molar-refractivity contribution < 1.29 is 31.7 Å². The summed E-state index contributed by atoms with van der Waals surface area (Å²) >= 11 is 0. The van der Waals surface area contributed by atoms with Gasteiger partial charge >= 0.3 is 22.1 Å². The van der Waals surface area contributed by atoms with Crippen LogP contribution in [0.2, 0.25) is 0 Å². The molecule has 1 aliphatic rings. The average molecular weight is 417 g/mol. The van der Waals surface area contributed by atoms with Crippen molar-refractivity contribution in [1.29, 1.82) is 0 Å². The maximum absolute atomic E-state index is 12.5. The van der Waals surface area contributed by atoms with Gasteiger partial charge in [-0.2, -0.15) is 8.42 Å². The highest BCUT2D eigenvalue weighted by atomic mass is 32.2. The van der Waals surface area contributed by atoms with Crippen LogP contribution >= 0.6 is 0 Å². The first-order valence-corrected chi connectivity index (χ1v) is 10.0. The van der Waals surface area contributed by atoms with Crippen molar-refractivity contribution in [3.05, 3.63) is 65.9 Å². The van der Waals surface area contributed by atoms with Crippen LogP contribution in [0.15, 0.2) is 65.2 Å². The fourth-order valence-electron chi connectivity index (χ4n) is 2.46. The second kappa shape index (κ2) is 7.59. The monoisotopic (exact) mass is 417 g/mol. The van der Waals surface area contributed by atoms with Crippen molar-refractivity contribution in [2.45, 2.75) is 31.5 Å². The molecule has 1 fully saturated rings. The molecule has 0 atom stereocenters. The van der Waals surface area contributed by atoms with Crippen LogP contribution in [-0.4, -0.2) is 26.1 Å². The Morgan fingerprint density at radius 1 is 0.966 bits per heavy atom. The number of ether oxygens (including phenoxy) is 2. The van der Waals surface area contributed by atoms with Gasteiger partial charge in [0.1, 0.15) is 4.90 Å². The third kappa shape index (κ3) is 4.75. The number of nitrogens with one attached hydrogen (secondary N) is 1. The predicted octanol–water partition coefficient (Wildman–Crippen LogP) is 2.89. The largest absolute Gasteiger partial charge is 0.419 e. The summed E-state index contributed by atoms with van der Waals surface area (Å²) in [7, 11) is -4.08. The standard InChI is InChI=1S/C20H19NO7S/c1-13-8-10-14(11-9-13)29(24,25)28-17-7-5-4-6-16(17)21-12-15-18(22)26-20(2,3)27-19(15)23/h4-12,21H,1-3H3. The molecule has 1 heterocycles. The van der Waals surface area contributed by atoms with Crippen molar-refractivity contribution >= 4 is 27.7 Å². The second-order valence-corrected chi connectivity index (χ2v) is 8.27. The van der Waals surface area contributed by atoms with E-state index in [0.717, 1.165) is 11.8 Å². The number of cyclic esters (lactones) is 2. The number of esters is 2. The number of hydrogen-bond donors (Lipinski definition) is 1. The van der Waals surface area contributed by atoms with Gasteiger partial charge in [0.25, 0.3) is 5.79 Å². The van der Waals surface area contributed by atoms with Gasteiger partial charge in [0.2, 0.25) is 0 Å². The fourth-order valence-corrected chi connectivity index (χ4v) is 3.41. The summed E-state index contributed by atoms with van der Waals surface area (Å²) in [6.45, 7) is 4.71. The molecule has 0 amide bonds. The Morgan fingerprint density at radius 3 is 2.17 bits per heavy atom. The number of aryl methyl sites for hydroxylation is 1. The Kier molecular flexibility index (Phi) is 5.34. The lowest BCUT2D eigenvalue weighted by Crippen LogP contribution is -2.42. The van der Waals surface area contributed by atoms with Gasteiger partial charge in [-0.25, -0.2) is 9.59 Å².